The van der Waals surface area contributed by atoms with Gasteiger partial charge in [0.2, 0.25) is 0 Å². The first-order chi connectivity index (χ1) is 15.3. The van der Waals surface area contributed by atoms with E-state index in [0.29, 0.717) is 17.8 Å². The summed E-state index contributed by atoms with van der Waals surface area (Å²) in [5.74, 6) is -0.265. The smallest absolute Gasteiger partial charge is 0.455 e. The molecule has 0 fully saturated rings. The number of hydrogen-bond acceptors (Lipinski definition) is 6. The quantitative estimate of drug-likeness (QED) is 0.508. The maximum Gasteiger partial charge on any atom is 0.501 e. The molecule has 3 rings (SSSR count). The van der Waals surface area contributed by atoms with E-state index in [1.165, 1.54) is 30.3 Å². The van der Waals surface area contributed by atoms with Gasteiger partial charge in [-0.2, -0.15) is 13.2 Å². The summed E-state index contributed by atoms with van der Waals surface area (Å²) in [6, 6.07) is 15.9. The molecule has 12 heteroatoms. The molecule has 0 saturated heterocycles. The van der Waals surface area contributed by atoms with Crippen LogP contribution >= 0.6 is 0 Å². The summed E-state index contributed by atoms with van der Waals surface area (Å²) in [6.45, 7) is 0. The maximum absolute atomic E-state index is 13.1. The molecule has 3 aromatic carbocycles. The van der Waals surface area contributed by atoms with Gasteiger partial charge in [0.15, 0.2) is 5.75 Å². The number of hydrogen-bond donors (Lipinski definition) is 1. The lowest BCUT2D eigenvalue weighted by atomic mass is 10.2. The molecule has 0 bridgehead atoms. The molecular formula is C21H19F3N2O5S2. The Morgan fingerprint density at radius 2 is 1.48 bits per heavy atom. The van der Waals surface area contributed by atoms with Crippen molar-refractivity contribution in [2.75, 3.05) is 23.7 Å². The van der Waals surface area contributed by atoms with Crippen LogP contribution in [0.15, 0.2) is 82.6 Å². The van der Waals surface area contributed by atoms with E-state index in [9.17, 15) is 30.0 Å². The van der Waals surface area contributed by atoms with Crippen LogP contribution in [0.3, 0.4) is 0 Å². The van der Waals surface area contributed by atoms with Gasteiger partial charge in [0.1, 0.15) is 5.75 Å². The zero-order chi connectivity index (χ0) is 24.4. The Kier molecular flexibility index (Phi) is 6.61. The van der Waals surface area contributed by atoms with Gasteiger partial charge in [0.25, 0.3) is 19.9 Å². The average Bonchev–Trinajstić information content (AvgIpc) is 2.74. The number of halogens is 3. The molecule has 0 radical (unpaired) electrons. The Morgan fingerprint density at radius 3 is 2.09 bits per heavy atom. The Balaban J connectivity index is 2.10. The molecular weight excluding hydrogens is 481 g/mol. The first-order valence-corrected chi connectivity index (χ1v) is 12.3. The van der Waals surface area contributed by atoms with Crippen molar-refractivity contribution < 1.29 is 34.7 Å². The van der Waals surface area contributed by atoms with Gasteiger partial charge in [-0.1, -0.05) is 24.3 Å². The van der Waals surface area contributed by atoms with Gasteiger partial charge in [-0.05, 0) is 36.4 Å². The number of sulfonamides is 1. The summed E-state index contributed by atoms with van der Waals surface area (Å²) in [4.78, 5) is 0.560. The third-order valence-corrected chi connectivity index (χ3v) is 7.29. The van der Waals surface area contributed by atoms with Crippen molar-refractivity contribution in [1.29, 1.82) is 0 Å². The number of nitrogens with zero attached hydrogens (tertiary/aromatic N) is 1. The third-order valence-electron chi connectivity index (χ3n) is 4.43. The first kappa shape index (κ1) is 24.4. The molecule has 0 amide bonds. The van der Waals surface area contributed by atoms with Crippen molar-refractivity contribution >= 4 is 31.2 Å². The van der Waals surface area contributed by atoms with Crippen molar-refractivity contribution in [3.05, 3.63) is 72.8 Å². The normalized spacial score (nSPS) is 12.3. The Labute approximate surface area is 189 Å². The second-order valence-corrected chi connectivity index (χ2v) is 10.6. The number of alkyl halides is 3. The largest absolute Gasteiger partial charge is 0.501 e. The summed E-state index contributed by atoms with van der Waals surface area (Å²) < 4.78 is 96.3. The molecule has 0 atom stereocenters. The van der Waals surface area contributed by atoms with E-state index in [0.717, 1.165) is 6.07 Å². The second kappa shape index (κ2) is 8.94. The van der Waals surface area contributed by atoms with Crippen molar-refractivity contribution in [3.63, 3.8) is 0 Å². The topological polar surface area (TPSA) is 92.8 Å². The molecule has 1 N–H and O–H groups in total. The van der Waals surface area contributed by atoms with E-state index in [2.05, 4.69) is 4.72 Å². The maximum atomic E-state index is 13.1. The van der Waals surface area contributed by atoms with Crippen LogP contribution in [-0.4, -0.2) is 36.4 Å². The third kappa shape index (κ3) is 5.40. The summed E-state index contributed by atoms with van der Waals surface area (Å²) >= 11 is 0. The Hall–Kier alpha value is -3.25. The zero-order valence-corrected chi connectivity index (χ0v) is 19.0. The number of rotatable bonds is 7. The predicted molar refractivity (Wildman–Crippen MR) is 118 cm³/mol. The fraction of sp³-hybridized carbons (Fsp3) is 0.143. The van der Waals surface area contributed by atoms with Gasteiger partial charge in [0, 0.05) is 31.9 Å². The SMILES string of the molecule is CN(C)c1cccc(Oc2cc(S(=O)(=O)C(F)(F)F)ccc2NS(=O)(=O)c2ccccc2)c1. The number of benzene rings is 3. The zero-order valence-electron chi connectivity index (χ0n) is 17.4. The molecule has 0 aromatic heterocycles. The molecule has 0 aliphatic carbocycles. The minimum absolute atomic E-state index is 0.0995. The highest BCUT2D eigenvalue weighted by molar-refractivity contribution is 7.93. The van der Waals surface area contributed by atoms with Gasteiger partial charge in [-0.3, -0.25) is 4.72 Å². The first-order valence-electron chi connectivity index (χ1n) is 9.30. The Morgan fingerprint density at radius 1 is 0.818 bits per heavy atom. The van der Waals surface area contributed by atoms with Gasteiger partial charge < -0.3 is 9.64 Å². The summed E-state index contributed by atoms with van der Waals surface area (Å²) in [5.41, 5.74) is -5.09. The minimum Gasteiger partial charge on any atom is -0.455 e. The number of ether oxygens (including phenoxy) is 1. The lowest BCUT2D eigenvalue weighted by Crippen LogP contribution is -2.23. The molecule has 0 spiro atoms. The molecule has 0 aliphatic rings. The van der Waals surface area contributed by atoms with Gasteiger partial charge in [-0.15, -0.1) is 0 Å². The van der Waals surface area contributed by atoms with E-state index in [1.54, 1.807) is 43.3 Å². The van der Waals surface area contributed by atoms with Crippen molar-refractivity contribution in [2.45, 2.75) is 15.3 Å². The van der Waals surface area contributed by atoms with Gasteiger partial charge in [0.05, 0.1) is 15.5 Å². The fourth-order valence-corrected chi connectivity index (χ4v) is 4.60. The van der Waals surface area contributed by atoms with E-state index in [1.807, 2.05) is 0 Å². The molecule has 0 unspecified atom stereocenters. The van der Waals surface area contributed by atoms with Crippen LogP contribution in [0, 0.1) is 0 Å². The monoisotopic (exact) mass is 500 g/mol. The van der Waals surface area contributed by atoms with Crippen LogP contribution in [0.5, 0.6) is 11.5 Å². The van der Waals surface area contributed by atoms with Crippen LogP contribution < -0.4 is 14.4 Å². The molecule has 33 heavy (non-hydrogen) atoms. The molecule has 0 heterocycles. The van der Waals surface area contributed by atoms with Crippen molar-refractivity contribution in [1.82, 2.24) is 0 Å². The van der Waals surface area contributed by atoms with Crippen LogP contribution in [-0.2, 0) is 19.9 Å². The van der Waals surface area contributed by atoms with E-state index in [-0.39, 0.29) is 16.3 Å². The van der Waals surface area contributed by atoms with Gasteiger partial charge in [-0.25, -0.2) is 16.8 Å². The highest BCUT2D eigenvalue weighted by Gasteiger charge is 2.47. The van der Waals surface area contributed by atoms with Crippen molar-refractivity contribution in [2.24, 2.45) is 0 Å². The second-order valence-electron chi connectivity index (χ2n) is 7.02. The van der Waals surface area contributed by atoms with Crippen LogP contribution in [0.25, 0.3) is 0 Å². The molecule has 7 nitrogen and oxygen atoms in total. The highest BCUT2D eigenvalue weighted by Crippen LogP contribution is 2.38. The standard InChI is InChI=1S/C21H19F3N2O5S2/c1-26(2)15-7-6-8-16(13-15)31-20-14-18(32(27,28)21(22,23)24)11-12-19(20)25-33(29,30)17-9-4-3-5-10-17/h3-14,25H,1-2H3. The number of sulfone groups is 1. The predicted octanol–water partition coefficient (Wildman–Crippen LogP) is 4.64. The summed E-state index contributed by atoms with van der Waals surface area (Å²) in [6.07, 6.45) is 0. The van der Waals surface area contributed by atoms with Gasteiger partial charge >= 0.3 is 5.51 Å². The minimum atomic E-state index is -5.69. The van der Waals surface area contributed by atoms with E-state index >= 15 is 0 Å². The number of nitrogens with one attached hydrogen (secondary N) is 1. The van der Waals surface area contributed by atoms with Crippen LogP contribution in [0.1, 0.15) is 0 Å². The average molecular weight is 501 g/mol. The summed E-state index contributed by atoms with van der Waals surface area (Å²) in [7, 11) is -6.31. The molecule has 3 aromatic rings. The van der Waals surface area contributed by atoms with Crippen LogP contribution in [0.4, 0.5) is 24.5 Å². The van der Waals surface area contributed by atoms with E-state index < -0.39 is 36.0 Å². The lowest BCUT2D eigenvalue weighted by molar-refractivity contribution is -0.0436. The van der Waals surface area contributed by atoms with Crippen molar-refractivity contribution in [3.8, 4) is 11.5 Å². The van der Waals surface area contributed by atoms with Crippen LogP contribution in [0.2, 0.25) is 0 Å². The molecule has 0 saturated carbocycles. The fourth-order valence-electron chi connectivity index (χ4n) is 2.73. The van der Waals surface area contributed by atoms with E-state index in [4.69, 9.17) is 4.74 Å². The lowest BCUT2D eigenvalue weighted by Gasteiger charge is -2.17. The molecule has 176 valence electrons. The summed E-state index contributed by atoms with van der Waals surface area (Å²) in [5, 5.41) is 0. The number of anilines is 2. The molecule has 0 aliphatic heterocycles. The highest BCUT2D eigenvalue weighted by atomic mass is 32.2. The Bertz CT molecular complexity index is 1360.